The van der Waals surface area contributed by atoms with Crippen molar-refractivity contribution in [1.29, 1.82) is 0 Å². The van der Waals surface area contributed by atoms with Crippen LogP contribution in [0.3, 0.4) is 0 Å². The molecule has 0 spiro atoms. The second kappa shape index (κ2) is 9.09. The summed E-state index contributed by atoms with van der Waals surface area (Å²) in [7, 11) is 1.62. The molecule has 7 nitrogen and oxygen atoms in total. The molecule has 1 fully saturated rings. The zero-order valence-electron chi connectivity index (χ0n) is 17.3. The summed E-state index contributed by atoms with van der Waals surface area (Å²) >= 11 is 0. The minimum absolute atomic E-state index is 0.0106. The first kappa shape index (κ1) is 20.1. The molecule has 4 rings (SSSR count). The number of carbonyl (C=O) groups is 1. The zero-order valence-corrected chi connectivity index (χ0v) is 17.3. The van der Waals surface area contributed by atoms with E-state index in [0.29, 0.717) is 18.3 Å². The lowest BCUT2D eigenvalue weighted by molar-refractivity contribution is -0.121. The predicted octanol–water partition coefficient (Wildman–Crippen LogP) is 3.90. The molecule has 0 saturated carbocycles. The van der Waals surface area contributed by atoms with Crippen LogP contribution >= 0.6 is 0 Å². The quantitative estimate of drug-likeness (QED) is 0.669. The van der Waals surface area contributed by atoms with Gasteiger partial charge < -0.3 is 14.6 Å². The molecule has 1 amide bonds. The highest BCUT2D eigenvalue weighted by Gasteiger charge is 2.26. The van der Waals surface area contributed by atoms with E-state index in [9.17, 15) is 4.79 Å². The molecule has 0 bridgehead atoms. The number of hydrogen-bond donors (Lipinski definition) is 1. The molecular formula is C23H26N4O3. The van der Waals surface area contributed by atoms with Gasteiger partial charge in [0.25, 0.3) is 5.89 Å². The number of piperidine rings is 1. The number of nitrogens with zero attached hydrogens (tertiary/aromatic N) is 3. The molecule has 156 valence electrons. The largest absolute Gasteiger partial charge is 0.497 e. The number of ether oxygens (including phenoxy) is 1. The third-order valence-electron chi connectivity index (χ3n) is 5.41. The van der Waals surface area contributed by atoms with Crippen LogP contribution in [0.15, 0.2) is 53.1 Å². The fourth-order valence-electron chi connectivity index (χ4n) is 3.69. The van der Waals surface area contributed by atoms with Gasteiger partial charge in [0, 0.05) is 17.2 Å². The number of methoxy groups -OCH3 is 1. The lowest BCUT2D eigenvalue weighted by Gasteiger charge is -2.30. The van der Waals surface area contributed by atoms with Crippen molar-refractivity contribution < 1.29 is 14.1 Å². The Kier molecular flexibility index (Phi) is 6.09. The van der Waals surface area contributed by atoms with Gasteiger partial charge in [0.15, 0.2) is 5.82 Å². The molecule has 7 heteroatoms. The van der Waals surface area contributed by atoms with Gasteiger partial charge in [-0.2, -0.15) is 4.98 Å². The maximum Gasteiger partial charge on any atom is 0.257 e. The highest BCUT2D eigenvalue weighted by Crippen LogP contribution is 2.23. The Hall–Kier alpha value is -3.19. The molecule has 1 saturated heterocycles. The van der Waals surface area contributed by atoms with Crippen LogP contribution in [0.2, 0.25) is 0 Å². The van der Waals surface area contributed by atoms with E-state index in [1.54, 1.807) is 7.11 Å². The van der Waals surface area contributed by atoms with E-state index in [4.69, 9.17) is 9.26 Å². The first-order valence-electron chi connectivity index (χ1n) is 10.2. The number of hydrogen-bond acceptors (Lipinski definition) is 6. The van der Waals surface area contributed by atoms with E-state index in [2.05, 4.69) is 20.4 Å². The number of nitrogens with one attached hydrogen (secondary N) is 1. The van der Waals surface area contributed by atoms with Crippen LogP contribution in [0.4, 0.5) is 5.69 Å². The number of amides is 1. The first-order chi connectivity index (χ1) is 14.6. The minimum Gasteiger partial charge on any atom is -0.497 e. The summed E-state index contributed by atoms with van der Waals surface area (Å²) in [5.74, 6) is 2.07. The van der Waals surface area contributed by atoms with Crippen molar-refractivity contribution >= 4 is 11.6 Å². The Labute approximate surface area is 176 Å². The number of rotatable bonds is 6. The van der Waals surface area contributed by atoms with Crippen molar-refractivity contribution in [2.24, 2.45) is 5.92 Å². The van der Waals surface area contributed by atoms with Gasteiger partial charge in [-0.25, -0.2) is 0 Å². The molecule has 1 aromatic heterocycles. The number of benzene rings is 2. The average Bonchev–Trinajstić information content (AvgIpc) is 3.23. The number of carbonyl (C=O) groups excluding carboxylic acids is 1. The van der Waals surface area contributed by atoms with Crippen LogP contribution in [0.1, 0.15) is 24.2 Å². The lowest BCUT2D eigenvalue weighted by Crippen LogP contribution is -2.38. The Morgan fingerprint density at radius 1 is 1.20 bits per heavy atom. The Bertz CT molecular complexity index is 992. The number of aryl methyl sites for hydroxylation is 1. The van der Waals surface area contributed by atoms with Gasteiger partial charge in [-0.3, -0.25) is 9.69 Å². The smallest absolute Gasteiger partial charge is 0.257 e. The van der Waals surface area contributed by atoms with E-state index in [0.717, 1.165) is 48.5 Å². The zero-order chi connectivity index (χ0) is 20.9. The molecule has 3 aromatic rings. The van der Waals surface area contributed by atoms with Crippen LogP contribution in [0.25, 0.3) is 11.5 Å². The molecule has 0 aliphatic carbocycles. The second-order valence-corrected chi connectivity index (χ2v) is 7.65. The molecule has 1 N–H and O–H groups in total. The fraction of sp³-hybridized carbons (Fsp3) is 0.348. The van der Waals surface area contributed by atoms with Crippen molar-refractivity contribution in [3.05, 3.63) is 59.9 Å². The molecule has 1 aliphatic rings. The maximum atomic E-state index is 12.6. The van der Waals surface area contributed by atoms with Crippen molar-refractivity contribution in [1.82, 2.24) is 15.0 Å². The summed E-state index contributed by atoms with van der Waals surface area (Å²) in [6, 6.07) is 15.4. The van der Waals surface area contributed by atoms with E-state index in [1.165, 1.54) is 0 Å². The van der Waals surface area contributed by atoms with Crippen LogP contribution in [-0.2, 0) is 11.3 Å². The van der Waals surface area contributed by atoms with Crippen molar-refractivity contribution in [2.75, 3.05) is 25.5 Å². The molecule has 2 heterocycles. The van der Waals surface area contributed by atoms with Crippen molar-refractivity contribution in [2.45, 2.75) is 26.3 Å². The SMILES string of the molecule is COc1ccc(NC(=O)C2CCN(Cc3noc(-c4cccc(C)c4)n3)CC2)cc1. The monoisotopic (exact) mass is 406 g/mol. The highest BCUT2D eigenvalue weighted by molar-refractivity contribution is 5.92. The number of likely N-dealkylation sites (tertiary alicyclic amines) is 1. The summed E-state index contributed by atoms with van der Waals surface area (Å²) in [6.45, 7) is 4.32. The van der Waals surface area contributed by atoms with E-state index in [1.807, 2.05) is 55.5 Å². The molecule has 0 radical (unpaired) electrons. The topological polar surface area (TPSA) is 80.5 Å². The molecular weight excluding hydrogens is 380 g/mol. The lowest BCUT2D eigenvalue weighted by atomic mass is 9.96. The van der Waals surface area contributed by atoms with Gasteiger partial charge in [-0.05, 0) is 69.3 Å². The average molecular weight is 406 g/mol. The summed E-state index contributed by atoms with van der Waals surface area (Å²) in [5.41, 5.74) is 2.88. The molecule has 2 aromatic carbocycles. The predicted molar refractivity (Wildman–Crippen MR) is 114 cm³/mol. The maximum absolute atomic E-state index is 12.6. The second-order valence-electron chi connectivity index (χ2n) is 7.65. The summed E-state index contributed by atoms with van der Waals surface area (Å²) in [4.78, 5) is 19.4. The van der Waals surface area contributed by atoms with Gasteiger partial charge in [0.05, 0.1) is 13.7 Å². The van der Waals surface area contributed by atoms with Crippen molar-refractivity contribution in [3.8, 4) is 17.2 Å². The van der Waals surface area contributed by atoms with Crippen LogP contribution in [-0.4, -0.2) is 41.1 Å². The molecule has 0 unspecified atom stereocenters. The molecule has 1 aliphatic heterocycles. The third-order valence-corrected chi connectivity index (χ3v) is 5.41. The Morgan fingerprint density at radius 3 is 2.67 bits per heavy atom. The van der Waals surface area contributed by atoms with Crippen molar-refractivity contribution in [3.63, 3.8) is 0 Å². The number of anilines is 1. The van der Waals surface area contributed by atoms with Gasteiger partial charge >= 0.3 is 0 Å². The van der Waals surface area contributed by atoms with E-state index < -0.39 is 0 Å². The summed E-state index contributed by atoms with van der Waals surface area (Å²) in [5, 5.41) is 7.12. The number of aromatic nitrogens is 2. The van der Waals surface area contributed by atoms with Gasteiger partial charge in [0.1, 0.15) is 5.75 Å². The minimum atomic E-state index is 0.0106. The van der Waals surface area contributed by atoms with Crippen LogP contribution in [0.5, 0.6) is 5.75 Å². The fourth-order valence-corrected chi connectivity index (χ4v) is 3.69. The summed E-state index contributed by atoms with van der Waals surface area (Å²) < 4.78 is 10.6. The summed E-state index contributed by atoms with van der Waals surface area (Å²) in [6.07, 6.45) is 1.62. The molecule has 30 heavy (non-hydrogen) atoms. The Morgan fingerprint density at radius 2 is 1.97 bits per heavy atom. The standard InChI is InChI=1S/C23H26N4O3/c1-16-4-3-5-18(14-16)23-25-21(26-30-23)15-27-12-10-17(11-13-27)22(28)24-19-6-8-20(29-2)9-7-19/h3-9,14,17H,10-13,15H2,1-2H3,(H,24,28). The van der Waals surface area contributed by atoms with E-state index >= 15 is 0 Å². The molecule has 0 atom stereocenters. The van der Waals surface area contributed by atoms with Gasteiger partial charge in [-0.1, -0.05) is 22.9 Å². The van der Waals surface area contributed by atoms with Gasteiger partial charge in [0.2, 0.25) is 5.91 Å². The Balaban J connectivity index is 1.28. The first-order valence-corrected chi connectivity index (χ1v) is 10.2. The van der Waals surface area contributed by atoms with Crippen LogP contribution in [0, 0.1) is 12.8 Å². The van der Waals surface area contributed by atoms with Crippen LogP contribution < -0.4 is 10.1 Å². The third kappa shape index (κ3) is 4.86. The normalized spacial score (nSPS) is 15.1. The van der Waals surface area contributed by atoms with E-state index in [-0.39, 0.29) is 11.8 Å². The van der Waals surface area contributed by atoms with Gasteiger partial charge in [-0.15, -0.1) is 0 Å². The highest BCUT2D eigenvalue weighted by atomic mass is 16.5.